The van der Waals surface area contributed by atoms with Gasteiger partial charge in [-0.1, -0.05) is 6.07 Å². The lowest BCUT2D eigenvalue weighted by Gasteiger charge is -2.31. The number of halogens is 12. The molecule has 0 bridgehead atoms. The minimum atomic E-state index is -6.39. The number of nitrogens with one attached hydrogen (secondary N) is 2. The first-order valence-corrected chi connectivity index (χ1v) is 12.5. The molecular formula is C24H10Br2F10N2O4. The maximum atomic E-state index is 15.2. The molecule has 0 spiro atoms. The van der Waals surface area contributed by atoms with Gasteiger partial charge in [-0.3, -0.25) is 9.59 Å². The first kappa shape index (κ1) is 31.4. The third-order valence-corrected chi connectivity index (χ3v) is 6.87. The van der Waals surface area contributed by atoms with Gasteiger partial charge in [-0.2, -0.15) is 26.3 Å². The standard InChI is InChI=1S/C24H10Br2F10N2O4/c25-12-7-10(21(28,22(29,30)31)23(32,33)34)8-13(26)18(12)38-20(40)11-2-1-3-14(17(11)27)37-19(39)9-4-5-15-16(6-9)42-24(35,36)41-15/h1-8H,(H,37,39)(H,38,40). The summed E-state index contributed by atoms with van der Waals surface area (Å²) in [6.45, 7) is 0. The van der Waals surface area contributed by atoms with E-state index in [0.29, 0.717) is 0 Å². The molecule has 0 saturated heterocycles. The number of anilines is 2. The minimum Gasteiger partial charge on any atom is -0.395 e. The highest BCUT2D eigenvalue weighted by atomic mass is 79.9. The van der Waals surface area contributed by atoms with Gasteiger partial charge in [0.1, 0.15) is 0 Å². The van der Waals surface area contributed by atoms with Gasteiger partial charge in [-0.15, -0.1) is 8.78 Å². The minimum absolute atomic E-state index is 0.148. The molecule has 3 aromatic rings. The monoisotopic (exact) mass is 738 g/mol. The molecule has 1 aliphatic rings. The Hall–Kier alpha value is -3.54. The predicted octanol–water partition coefficient (Wildman–Crippen LogP) is 8.47. The molecule has 1 aliphatic heterocycles. The summed E-state index contributed by atoms with van der Waals surface area (Å²) in [5, 5.41) is 4.19. The fourth-order valence-electron chi connectivity index (χ4n) is 3.65. The zero-order valence-corrected chi connectivity index (χ0v) is 23.0. The zero-order valence-electron chi connectivity index (χ0n) is 19.8. The molecule has 0 saturated carbocycles. The van der Waals surface area contributed by atoms with Crippen molar-refractivity contribution in [3.63, 3.8) is 0 Å². The van der Waals surface area contributed by atoms with Crippen LogP contribution in [-0.4, -0.2) is 30.5 Å². The lowest BCUT2D eigenvalue weighted by Crippen LogP contribution is -2.50. The van der Waals surface area contributed by atoms with Crippen molar-refractivity contribution in [2.45, 2.75) is 24.3 Å². The fraction of sp³-hybridized carbons (Fsp3) is 0.167. The molecule has 42 heavy (non-hydrogen) atoms. The van der Waals surface area contributed by atoms with Crippen LogP contribution in [0.5, 0.6) is 11.5 Å². The molecule has 0 aromatic heterocycles. The van der Waals surface area contributed by atoms with Crippen molar-refractivity contribution >= 4 is 55.0 Å². The highest BCUT2D eigenvalue weighted by Gasteiger charge is 2.73. The molecule has 0 radical (unpaired) electrons. The van der Waals surface area contributed by atoms with E-state index < -0.39 is 79.1 Å². The number of fused-ring (bicyclic) bond motifs is 1. The number of alkyl halides is 9. The Balaban J connectivity index is 1.58. The Morgan fingerprint density at radius 2 is 1.33 bits per heavy atom. The van der Waals surface area contributed by atoms with Crippen LogP contribution in [-0.2, 0) is 5.67 Å². The molecule has 0 atom stereocenters. The number of hydrogen-bond donors (Lipinski definition) is 2. The van der Waals surface area contributed by atoms with E-state index in [1.165, 1.54) is 0 Å². The average Bonchev–Trinajstić information content (AvgIpc) is 3.18. The number of benzene rings is 3. The molecule has 0 fully saturated rings. The maximum Gasteiger partial charge on any atom is 0.586 e. The Morgan fingerprint density at radius 1 is 0.762 bits per heavy atom. The molecule has 2 amide bonds. The Kier molecular flexibility index (Phi) is 7.94. The molecule has 224 valence electrons. The topological polar surface area (TPSA) is 76.7 Å². The second-order valence-corrected chi connectivity index (χ2v) is 10.1. The van der Waals surface area contributed by atoms with Gasteiger partial charge in [0.05, 0.1) is 16.9 Å². The van der Waals surface area contributed by atoms with Crippen LogP contribution in [0.3, 0.4) is 0 Å². The van der Waals surface area contributed by atoms with Crippen molar-refractivity contribution in [3.8, 4) is 11.5 Å². The summed E-state index contributed by atoms with van der Waals surface area (Å²) in [4.78, 5) is 25.4. The molecular weight excluding hydrogens is 730 g/mol. The van der Waals surface area contributed by atoms with Gasteiger partial charge in [0.2, 0.25) is 0 Å². The molecule has 0 unspecified atom stereocenters. The van der Waals surface area contributed by atoms with E-state index in [0.717, 1.165) is 36.4 Å². The van der Waals surface area contributed by atoms with Crippen molar-refractivity contribution in [3.05, 3.63) is 80.0 Å². The van der Waals surface area contributed by atoms with Gasteiger partial charge in [0.25, 0.3) is 11.8 Å². The third kappa shape index (κ3) is 5.73. The van der Waals surface area contributed by atoms with Crippen molar-refractivity contribution in [2.24, 2.45) is 0 Å². The summed E-state index contributed by atoms with van der Waals surface area (Å²) in [6.07, 6.45) is -16.7. The van der Waals surface area contributed by atoms with Crippen molar-refractivity contribution in [1.82, 2.24) is 0 Å². The Labute approximate surface area is 244 Å². The number of amides is 2. The number of rotatable bonds is 5. The highest BCUT2D eigenvalue weighted by molar-refractivity contribution is 9.11. The van der Waals surface area contributed by atoms with Crippen molar-refractivity contribution in [1.29, 1.82) is 0 Å². The van der Waals surface area contributed by atoms with Crippen LogP contribution >= 0.6 is 31.9 Å². The lowest BCUT2D eigenvalue weighted by atomic mass is 9.94. The zero-order chi connectivity index (χ0) is 31.4. The van der Waals surface area contributed by atoms with E-state index in [9.17, 15) is 49.1 Å². The molecule has 18 heteroatoms. The summed E-state index contributed by atoms with van der Waals surface area (Å²) in [7, 11) is 0. The van der Waals surface area contributed by atoms with Gasteiger partial charge in [0.15, 0.2) is 17.3 Å². The van der Waals surface area contributed by atoms with Crippen molar-refractivity contribution in [2.75, 3.05) is 10.6 Å². The Bertz CT molecular complexity index is 1560. The Morgan fingerprint density at radius 3 is 1.90 bits per heavy atom. The van der Waals surface area contributed by atoms with Gasteiger partial charge in [-0.05, 0) is 74.3 Å². The molecule has 1 heterocycles. The van der Waals surface area contributed by atoms with Gasteiger partial charge < -0.3 is 20.1 Å². The summed E-state index contributed by atoms with van der Waals surface area (Å²) in [5.74, 6) is -4.45. The molecule has 2 N–H and O–H groups in total. The van der Waals surface area contributed by atoms with Crippen LogP contribution in [0.1, 0.15) is 26.3 Å². The van der Waals surface area contributed by atoms with E-state index >= 15 is 4.39 Å². The van der Waals surface area contributed by atoms with Crippen LogP contribution in [0.25, 0.3) is 0 Å². The third-order valence-electron chi connectivity index (χ3n) is 5.61. The fourth-order valence-corrected chi connectivity index (χ4v) is 5.03. The average molecular weight is 740 g/mol. The normalized spacial score (nSPS) is 14.5. The predicted molar refractivity (Wildman–Crippen MR) is 132 cm³/mol. The molecule has 0 aliphatic carbocycles. The summed E-state index contributed by atoms with van der Waals surface area (Å²) in [6, 6.07) is 6.33. The molecule has 6 nitrogen and oxygen atoms in total. The quantitative estimate of drug-likeness (QED) is 0.258. The number of ether oxygens (including phenoxy) is 2. The SMILES string of the molecule is O=C(Nc1cccc(C(=O)Nc2c(Br)cc(C(F)(C(F)(F)F)C(F)(F)F)cc2Br)c1F)c1ccc2c(c1)OC(F)(F)O2. The first-order chi connectivity index (χ1) is 19.2. The van der Waals surface area contributed by atoms with Gasteiger partial charge >= 0.3 is 24.3 Å². The second kappa shape index (κ2) is 10.6. The number of hydrogen-bond acceptors (Lipinski definition) is 4. The van der Waals surface area contributed by atoms with E-state index in [-0.39, 0.29) is 23.4 Å². The van der Waals surface area contributed by atoms with E-state index in [1.807, 2.05) is 0 Å². The molecule has 3 aromatic carbocycles. The van der Waals surface area contributed by atoms with Crippen molar-refractivity contribution < 1.29 is 63.0 Å². The van der Waals surface area contributed by atoms with Crippen LogP contribution in [0.2, 0.25) is 0 Å². The van der Waals surface area contributed by atoms with Crippen LogP contribution in [0, 0.1) is 5.82 Å². The largest absolute Gasteiger partial charge is 0.586 e. The van der Waals surface area contributed by atoms with E-state index in [4.69, 9.17) is 0 Å². The maximum absolute atomic E-state index is 15.2. The van der Waals surface area contributed by atoms with E-state index in [1.54, 1.807) is 0 Å². The summed E-state index contributed by atoms with van der Waals surface area (Å²) in [5.41, 5.74) is -9.68. The lowest BCUT2D eigenvalue weighted by molar-refractivity contribution is -0.348. The van der Waals surface area contributed by atoms with E-state index in [2.05, 4.69) is 52.0 Å². The van der Waals surface area contributed by atoms with Gasteiger partial charge in [0, 0.05) is 20.1 Å². The molecule has 4 rings (SSSR count). The summed E-state index contributed by atoms with van der Waals surface area (Å²) < 4.78 is 142. The smallest absolute Gasteiger partial charge is 0.395 e. The van der Waals surface area contributed by atoms with Gasteiger partial charge in [-0.25, -0.2) is 8.78 Å². The summed E-state index contributed by atoms with van der Waals surface area (Å²) >= 11 is 5.36. The second-order valence-electron chi connectivity index (χ2n) is 8.37. The van der Waals surface area contributed by atoms with Crippen LogP contribution in [0.15, 0.2) is 57.5 Å². The highest BCUT2D eigenvalue weighted by Crippen LogP contribution is 2.54. The number of carbonyl (C=O) groups is 2. The first-order valence-electron chi connectivity index (χ1n) is 10.9. The number of carbonyl (C=O) groups excluding carboxylic acids is 2. The van der Waals surface area contributed by atoms with Crippen LogP contribution < -0.4 is 20.1 Å². The van der Waals surface area contributed by atoms with Crippen LogP contribution in [0.4, 0.5) is 55.3 Å².